The number of hydrogen-bond acceptors (Lipinski definition) is 3. The molecule has 0 aromatic carbocycles. The number of rotatable bonds is 4. The van der Waals surface area contributed by atoms with Gasteiger partial charge in [-0.2, -0.15) is 0 Å². The molecule has 1 aliphatic rings. The molecular weight excluding hydrogens is 228 g/mol. The number of thiophene rings is 1. The van der Waals surface area contributed by atoms with Crippen molar-refractivity contribution in [3.05, 3.63) is 22.4 Å². The molecule has 1 heterocycles. The molecular formula is C14H24N2S. The molecule has 0 saturated heterocycles. The first-order chi connectivity index (χ1) is 8.27. The zero-order chi connectivity index (χ0) is 12.1. The molecule has 2 rings (SSSR count). The van der Waals surface area contributed by atoms with Crippen molar-refractivity contribution in [2.45, 2.75) is 50.6 Å². The van der Waals surface area contributed by atoms with E-state index in [-0.39, 0.29) is 5.54 Å². The zero-order valence-corrected chi connectivity index (χ0v) is 11.6. The topological polar surface area (TPSA) is 29.3 Å². The molecule has 0 atom stereocenters. The average Bonchev–Trinajstić information content (AvgIpc) is 2.72. The quantitative estimate of drug-likeness (QED) is 0.834. The van der Waals surface area contributed by atoms with Crippen molar-refractivity contribution < 1.29 is 0 Å². The minimum Gasteiger partial charge on any atom is -0.329 e. The average molecular weight is 252 g/mol. The first-order valence-corrected chi connectivity index (χ1v) is 7.58. The van der Waals surface area contributed by atoms with Gasteiger partial charge in [-0.3, -0.25) is 4.90 Å². The summed E-state index contributed by atoms with van der Waals surface area (Å²) in [5.74, 6) is 0. The van der Waals surface area contributed by atoms with Crippen LogP contribution in [0.25, 0.3) is 0 Å². The Balaban J connectivity index is 2.04. The van der Waals surface area contributed by atoms with Gasteiger partial charge in [-0.1, -0.05) is 31.7 Å². The van der Waals surface area contributed by atoms with Crippen LogP contribution < -0.4 is 5.73 Å². The predicted octanol–water partition coefficient (Wildman–Crippen LogP) is 3.23. The smallest absolute Gasteiger partial charge is 0.0332 e. The second-order valence-corrected chi connectivity index (χ2v) is 6.31. The van der Waals surface area contributed by atoms with Crippen LogP contribution in [0.1, 0.15) is 43.4 Å². The summed E-state index contributed by atoms with van der Waals surface area (Å²) in [5.41, 5.74) is 6.35. The Morgan fingerprint density at radius 2 is 2.00 bits per heavy atom. The third-order valence-electron chi connectivity index (χ3n) is 4.20. The molecule has 1 aromatic rings. The van der Waals surface area contributed by atoms with Crippen LogP contribution in [-0.2, 0) is 6.54 Å². The summed E-state index contributed by atoms with van der Waals surface area (Å²) in [7, 11) is 2.25. The van der Waals surface area contributed by atoms with E-state index in [1.165, 1.54) is 43.4 Å². The predicted molar refractivity (Wildman–Crippen MR) is 75.3 cm³/mol. The molecule has 1 fully saturated rings. The Morgan fingerprint density at radius 3 is 2.53 bits per heavy atom. The summed E-state index contributed by atoms with van der Waals surface area (Å²) in [6, 6.07) is 4.36. The number of nitrogens with zero attached hydrogens (tertiary/aromatic N) is 1. The van der Waals surface area contributed by atoms with Crippen molar-refractivity contribution in [2.75, 3.05) is 13.6 Å². The van der Waals surface area contributed by atoms with Crippen molar-refractivity contribution in [3.8, 4) is 0 Å². The van der Waals surface area contributed by atoms with Gasteiger partial charge in [-0.05, 0) is 31.3 Å². The molecule has 1 saturated carbocycles. The molecule has 17 heavy (non-hydrogen) atoms. The fraction of sp³-hybridized carbons (Fsp3) is 0.714. The molecule has 2 nitrogen and oxygen atoms in total. The lowest BCUT2D eigenvalue weighted by Crippen LogP contribution is -2.51. The third kappa shape index (κ3) is 3.09. The van der Waals surface area contributed by atoms with Gasteiger partial charge < -0.3 is 5.73 Å². The highest BCUT2D eigenvalue weighted by Gasteiger charge is 2.33. The number of likely N-dealkylation sites (N-methyl/N-ethyl adjacent to an activating group) is 1. The lowest BCUT2D eigenvalue weighted by atomic mass is 9.88. The first-order valence-electron chi connectivity index (χ1n) is 6.70. The van der Waals surface area contributed by atoms with Crippen LogP contribution in [0.3, 0.4) is 0 Å². The van der Waals surface area contributed by atoms with Gasteiger partial charge in [-0.25, -0.2) is 0 Å². The molecule has 96 valence electrons. The monoisotopic (exact) mass is 252 g/mol. The van der Waals surface area contributed by atoms with Gasteiger partial charge in [-0.15, -0.1) is 11.3 Å². The van der Waals surface area contributed by atoms with Crippen LogP contribution in [0, 0.1) is 0 Å². The maximum absolute atomic E-state index is 6.10. The Labute approximate surface area is 109 Å². The summed E-state index contributed by atoms with van der Waals surface area (Å²) in [6.07, 6.45) is 7.98. The van der Waals surface area contributed by atoms with Gasteiger partial charge in [0, 0.05) is 23.5 Å². The molecule has 0 unspecified atom stereocenters. The highest BCUT2D eigenvalue weighted by atomic mass is 32.1. The van der Waals surface area contributed by atoms with Gasteiger partial charge >= 0.3 is 0 Å². The van der Waals surface area contributed by atoms with E-state index >= 15 is 0 Å². The molecule has 0 amide bonds. The highest BCUT2D eigenvalue weighted by molar-refractivity contribution is 7.09. The van der Waals surface area contributed by atoms with E-state index in [0.717, 1.165) is 13.1 Å². The third-order valence-corrected chi connectivity index (χ3v) is 5.06. The lowest BCUT2D eigenvalue weighted by molar-refractivity contribution is 0.101. The Morgan fingerprint density at radius 1 is 1.29 bits per heavy atom. The maximum Gasteiger partial charge on any atom is 0.0332 e. The van der Waals surface area contributed by atoms with Crippen molar-refractivity contribution in [2.24, 2.45) is 5.73 Å². The van der Waals surface area contributed by atoms with E-state index in [2.05, 4.69) is 29.5 Å². The molecule has 3 heteroatoms. The number of nitrogens with two attached hydrogens (primary N) is 1. The standard InChI is InChI=1S/C14H24N2S/c1-16(11-13-7-6-10-17-13)14(12-15)8-4-2-3-5-9-14/h6-7,10H,2-5,8-9,11-12,15H2,1H3. The minimum absolute atomic E-state index is 0.250. The summed E-state index contributed by atoms with van der Waals surface area (Å²) in [5, 5.41) is 2.16. The molecule has 0 bridgehead atoms. The molecule has 2 N–H and O–H groups in total. The van der Waals surface area contributed by atoms with E-state index < -0.39 is 0 Å². The van der Waals surface area contributed by atoms with Crippen LogP contribution in [0.5, 0.6) is 0 Å². The first kappa shape index (κ1) is 13.1. The van der Waals surface area contributed by atoms with Gasteiger partial charge in [0.2, 0.25) is 0 Å². The highest BCUT2D eigenvalue weighted by Crippen LogP contribution is 2.32. The largest absolute Gasteiger partial charge is 0.329 e. The van der Waals surface area contributed by atoms with Crippen molar-refractivity contribution >= 4 is 11.3 Å². The van der Waals surface area contributed by atoms with E-state index in [0.29, 0.717) is 0 Å². The molecule has 0 radical (unpaired) electrons. The molecule has 1 aromatic heterocycles. The van der Waals surface area contributed by atoms with Crippen LogP contribution in [0.2, 0.25) is 0 Å². The lowest BCUT2D eigenvalue weighted by Gasteiger charge is -2.40. The van der Waals surface area contributed by atoms with E-state index in [9.17, 15) is 0 Å². The van der Waals surface area contributed by atoms with Crippen LogP contribution >= 0.6 is 11.3 Å². The summed E-state index contributed by atoms with van der Waals surface area (Å²) in [4.78, 5) is 3.95. The SMILES string of the molecule is CN(Cc1cccs1)C1(CN)CCCCCC1. The maximum atomic E-state index is 6.10. The second-order valence-electron chi connectivity index (χ2n) is 5.28. The van der Waals surface area contributed by atoms with Crippen LogP contribution in [0.4, 0.5) is 0 Å². The molecule has 0 spiro atoms. The zero-order valence-electron chi connectivity index (χ0n) is 10.8. The normalized spacial score (nSPS) is 20.4. The van der Waals surface area contributed by atoms with Crippen LogP contribution in [0.15, 0.2) is 17.5 Å². The van der Waals surface area contributed by atoms with Gasteiger partial charge in [0.1, 0.15) is 0 Å². The Bertz CT molecular complexity index is 313. The van der Waals surface area contributed by atoms with Crippen molar-refractivity contribution in [1.29, 1.82) is 0 Å². The van der Waals surface area contributed by atoms with Gasteiger partial charge in [0.05, 0.1) is 0 Å². The van der Waals surface area contributed by atoms with Gasteiger partial charge in [0.15, 0.2) is 0 Å². The van der Waals surface area contributed by atoms with Crippen molar-refractivity contribution in [1.82, 2.24) is 4.90 Å². The molecule has 1 aliphatic carbocycles. The Kier molecular flexibility index (Phi) is 4.60. The summed E-state index contributed by atoms with van der Waals surface area (Å²) >= 11 is 1.85. The summed E-state index contributed by atoms with van der Waals surface area (Å²) < 4.78 is 0. The fourth-order valence-corrected chi connectivity index (χ4v) is 3.69. The van der Waals surface area contributed by atoms with E-state index in [4.69, 9.17) is 5.73 Å². The van der Waals surface area contributed by atoms with E-state index in [1.807, 2.05) is 11.3 Å². The molecule has 0 aliphatic heterocycles. The number of hydrogen-bond donors (Lipinski definition) is 1. The summed E-state index contributed by atoms with van der Waals surface area (Å²) in [6.45, 7) is 1.85. The minimum atomic E-state index is 0.250. The second kappa shape index (κ2) is 5.98. The van der Waals surface area contributed by atoms with E-state index in [1.54, 1.807) is 0 Å². The Hall–Kier alpha value is -0.380. The fourth-order valence-electron chi connectivity index (χ4n) is 2.93. The van der Waals surface area contributed by atoms with Crippen molar-refractivity contribution in [3.63, 3.8) is 0 Å². The van der Waals surface area contributed by atoms with Gasteiger partial charge in [0.25, 0.3) is 0 Å². The van der Waals surface area contributed by atoms with Crippen LogP contribution in [-0.4, -0.2) is 24.0 Å².